The Balaban J connectivity index is 0.000000172. The molecule has 15 unspecified atom stereocenters. The molecule has 0 bridgehead atoms. The molecular weight excluding hydrogens is 1690 g/mol. The van der Waals surface area contributed by atoms with Gasteiger partial charge in [0.1, 0.15) is 81.0 Å². The van der Waals surface area contributed by atoms with E-state index < -0.39 is 6.29 Å². The molecule has 0 aliphatic carbocycles. The number of ether oxygens (including phenoxy) is 12. The third-order valence-electron chi connectivity index (χ3n) is 27.0. The summed E-state index contributed by atoms with van der Waals surface area (Å²) in [6, 6.07) is 110. The second-order valence-corrected chi connectivity index (χ2v) is 36.8. The minimum Gasteiger partial charge on any atom is -0.489 e. The van der Waals surface area contributed by atoms with E-state index in [4.69, 9.17) is 56.8 Å². The lowest BCUT2D eigenvalue weighted by atomic mass is 9.76. The molecule has 14 nitrogen and oxygen atoms in total. The molecule has 136 heavy (non-hydrogen) atoms. The van der Waals surface area contributed by atoms with Gasteiger partial charge in [0.15, 0.2) is 23.6 Å². The van der Waals surface area contributed by atoms with Crippen molar-refractivity contribution in [3.8, 4) is 34.5 Å². The first-order valence-electron chi connectivity index (χ1n) is 48.8. The molecule has 3 saturated heterocycles. The molecule has 3 aliphatic rings. The zero-order valence-corrected chi connectivity index (χ0v) is 82.0. The maximum atomic E-state index is 14.8. The van der Waals surface area contributed by atoms with Crippen LogP contribution in [0.15, 0.2) is 328 Å². The average molecular weight is 1830 g/mol. The Kier molecular flexibility index (Phi) is 38.7. The van der Waals surface area contributed by atoms with Gasteiger partial charge in [0.2, 0.25) is 0 Å². The normalized spacial score (nSPS) is 21.1. The highest BCUT2D eigenvalue weighted by molar-refractivity contribution is 6.00. The Hall–Kier alpha value is -12.0. The van der Waals surface area contributed by atoms with Crippen molar-refractivity contribution in [2.45, 2.75) is 244 Å². The molecule has 3 fully saturated rings. The number of hydrogen-bond acceptors (Lipinski definition) is 14. The molecule has 0 radical (unpaired) electrons. The predicted octanol–water partition coefficient (Wildman–Crippen LogP) is 28.3. The van der Waals surface area contributed by atoms with Gasteiger partial charge in [-0.25, -0.2) is 0 Å². The summed E-state index contributed by atoms with van der Waals surface area (Å²) in [5, 5.41) is 10.1. The number of carbonyl (C=O) groups is 1. The molecule has 14 heteroatoms. The van der Waals surface area contributed by atoms with Gasteiger partial charge in [0.25, 0.3) is 0 Å². The minimum atomic E-state index is -0.820. The summed E-state index contributed by atoms with van der Waals surface area (Å²) in [5.41, 5.74) is 19.3. The largest absolute Gasteiger partial charge is 0.489 e. The van der Waals surface area contributed by atoms with E-state index in [0.29, 0.717) is 112 Å². The van der Waals surface area contributed by atoms with E-state index in [1.165, 1.54) is 27.8 Å². The van der Waals surface area contributed by atoms with Crippen LogP contribution < -0.4 is 28.4 Å². The molecule has 712 valence electrons. The molecule has 15 atom stereocenters. The van der Waals surface area contributed by atoms with Crippen LogP contribution in [0, 0.1) is 70.1 Å². The molecule has 0 saturated carbocycles. The summed E-state index contributed by atoms with van der Waals surface area (Å²) in [7, 11) is 0. The standard InChI is InChI=1S/C54H58O6.C31H38O3.C21H20O2.C16H24O3/c1-6-47-38(3)39(4)53(59-36-45-25-17-10-18-26-45)54(60-47)51-37(2)31-50(58-35-44-23-15-9-16-24-44)52(40(51)5)46(55)29-27-41-28-30-48(56-33-42-19-11-7-12-20-42)49(32-41)57-34-43-21-13-8-14-22-43;1-6-28-23(4)24(5)30(33-20-26-15-11-8-12-16-26)31(34-28)29-21(2)17-27(18-22(29)3)32-19-25-13-9-7-10-14-25;1-17-12-20(22-15-18-8-4-2-5-9-18)14-21(13-17)23-16-19-10-6-3-7-11-19;1-4-14-11(2)12(3)15(16(17)19-14)18-10-13-8-6-5-7-9-13/h7-26,28,30-32,38-39,47,53-54H,6,27,29,33-36H2,1-5H3;7-18,23-24,28,30-31H,6,19-20H2,1-5H3;2-14H,15-16H2,1H3;5-9,11-12,14-17H,4,10H2,1-3H3. The lowest BCUT2D eigenvalue weighted by molar-refractivity contribution is -0.264. The molecule has 1 N–H and O–H groups in total. The van der Waals surface area contributed by atoms with Crippen LogP contribution in [0.4, 0.5) is 0 Å². The zero-order valence-electron chi connectivity index (χ0n) is 82.0. The van der Waals surface area contributed by atoms with Gasteiger partial charge in [-0.2, -0.15) is 0 Å². The number of carbonyl (C=O) groups excluding carboxylic acids is 1. The highest BCUT2D eigenvalue weighted by atomic mass is 16.6. The van der Waals surface area contributed by atoms with Gasteiger partial charge in [-0.05, 0) is 233 Å². The van der Waals surface area contributed by atoms with Gasteiger partial charge >= 0.3 is 0 Å². The van der Waals surface area contributed by atoms with Crippen molar-refractivity contribution in [1.29, 1.82) is 0 Å². The Bertz CT molecular complexity index is 5630. The summed E-state index contributed by atoms with van der Waals surface area (Å²) in [4.78, 5) is 14.8. The Labute approximate surface area is 808 Å². The molecular formula is C122H140O14. The average Bonchev–Trinajstić information content (AvgIpc) is 0.752. The summed E-state index contributed by atoms with van der Waals surface area (Å²) < 4.78 is 75.9. The fourth-order valence-corrected chi connectivity index (χ4v) is 18.7. The number of aliphatic hydroxyl groups is 1. The van der Waals surface area contributed by atoms with Gasteiger partial charge in [0, 0.05) is 12.5 Å². The van der Waals surface area contributed by atoms with E-state index >= 15 is 0 Å². The number of benzene rings is 13. The third kappa shape index (κ3) is 28.8. The van der Waals surface area contributed by atoms with Crippen LogP contribution in [-0.2, 0) is 94.3 Å². The first-order valence-corrected chi connectivity index (χ1v) is 48.8. The van der Waals surface area contributed by atoms with Gasteiger partial charge < -0.3 is 61.9 Å². The fourth-order valence-electron chi connectivity index (χ4n) is 18.7. The number of aryl methyl sites for hydroxylation is 5. The Morgan fingerprint density at radius 1 is 0.287 bits per heavy atom. The van der Waals surface area contributed by atoms with Crippen molar-refractivity contribution < 1.29 is 66.7 Å². The summed E-state index contributed by atoms with van der Waals surface area (Å²) in [5.74, 6) is 6.51. The highest BCUT2D eigenvalue weighted by Gasteiger charge is 2.46. The van der Waals surface area contributed by atoms with Crippen LogP contribution >= 0.6 is 0 Å². The smallest absolute Gasteiger partial charge is 0.181 e. The van der Waals surface area contributed by atoms with E-state index in [1.54, 1.807) is 0 Å². The summed E-state index contributed by atoms with van der Waals surface area (Å²) >= 11 is 0. The first-order chi connectivity index (χ1) is 66.2. The fraction of sp³-hybridized carbons (Fsp3) is 0.352. The van der Waals surface area contributed by atoms with E-state index in [-0.39, 0.29) is 72.9 Å². The SMILES string of the molecule is CCC1OC(O)C(OCc2ccccc2)C(C)C1C.CCC1OC(c2c(C)cc(OCc3ccccc3)c(C(=O)CCc3ccc(OCc4ccccc4)c(OCc4ccccc4)c3)c2C)C(OCc2ccccc2)C(C)C1C.CCC1OC(c2c(C)cc(OCc3ccccc3)cc2C)C(OCc2ccccc2)C(C)C1C.Cc1cc(OCc2ccccc2)cc(OCc2ccccc2)c1. The Morgan fingerprint density at radius 2 is 0.581 bits per heavy atom. The number of aliphatic hydroxyl groups excluding tert-OH is 1. The first kappa shape index (κ1) is 101. The zero-order chi connectivity index (χ0) is 95.7. The molecule has 13 aromatic rings. The second-order valence-electron chi connectivity index (χ2n) is 36.8. The van der Waals surface area contributed by atoms with E-state index in [9.17, 15) is 9.90 Å². The molecule has 3 aliphatic heterocycles. The van der Waals surface area contributed by atoms with Crippen molar-refractivity contribution in [1.82, 2.24) is 0 Å². The van der Waals surface area contributed by atoms with Gasteiger partial charge in [-0.3, -0.25) is 4.79 Å². The number of ketones is 1. The highest BCUT2D eigenvalue weighted by Crippen LogP contribution is 2.48. The van der Waals surface area contributed by atoms with Crippen LogP contribution in [0.2, 0.25) is 0 Å². The van der Waals surface area contributed by atoms with Crippen molar-refractivity contribution in [3.63, 3.8) is 0 Å². The molecule has 3 heterocycles. The molecule has 16 rings (SSSR count). The summed E-state index contributed by atoms with van der Waals surface area (Å²) in [6.45, 7) is 34.9. The van der Waals surface area contributed by atoms with Crippen LogP contribution in [0.3, 0.4) is 0 Å². The molecule has 0 amide bonds. The van der Waals surface area contributed by atoms with E-state index in [2.05, 4.69) is 175 Å². The van der Waals surface area contributed by atoms with Crippen LogP contribution in [0.5, 0.6) is 34.5 Å². The Morgan fingerprint density at radius 3 is 0.941 bits per heavy atom. The van der Waals surface area contributed by atoms with Gasteiger partial charge in [-0.1, -0.05) is 341 Å². The maximum Gasteiger partial charge on any atom is 0.181 e. The van der Waals surface area contributed by atoms with E-state index in [0.717, 1.165) is 103 Å². The van der Waals surface area contributed by atoms with E-state index in [1.807, 2.05) is 250 Å². The quantitative estimate of drug-likeness (QED) is 0.0371. The van der Waals surface area contributed by atoms with Crippen LogP contribution in [-0.4, -0.2) is 53.8 Å². The van der Waals surface area contributed by atoms with Crippen molar-refractivity contribution in [3.05, 3.63) is 428 Å². The molecule has 13 aromatic carbocycles. The van der Waals surface area contributed by atoms with Crippen molar-refractivity contribution >= 4 is 5.78 Å². The second kappa shape index (κ2) is 51.8. The topological polar surface area (TPSA) is 148 Å². The third-order valence-corrected chi connectivity index (χ3v) is 27.0. The van der Waals surface area contributed by atoms with Crippen LogP contribution in [0.25, 0.3) is 0 Å². The molecule has 0 aromatic heterocycles. The van der Waals surface area contributed by atoms with Crippen molar-refractivity contribution in [2.75, 3.05) is 0 Å². The summed E-state index contributed by atoms with van der Waals surface area (Å²) in [6.07, 6.45) is 2.28. The predicted molar refractivity (Wildman–Crippen MR) is 544 cm³/mol. The monoisotopic (exact) mass is 1830 g/mol. The maximum absolute atomic E-state index is 14.8. The number of Topliss-reactive ketones (excluding diaryl/α,β-unsaturated/α-hetero) is 1. The number of rotatable bonds is 36. The van der Waals surface area contributed by atoms with Gasteiger partial charge in [-0.15, -0.1) is 0 Å². The van der Waals surface area contributed by atoms with Crippen molar-refractivity contribution in [2.24, 2.45) is 35.5 Å². The van der Waals surface area contributed by atoms with Gasteiger partial charge in [0.05, 0.1) is 55.9 Å². The number of hydrogen-bond donors (Lipinski definition) is 1. The molecule has 0 spiro atoms. The minimum absolute atomic E-state index is 0.00788. The van der Waals surface area contributed by atoms with Crippen LogP contribution in [0.1, 0.15) is 205 Å². The lowest BCUT2D eigenvalue weighted by Crippen LogP contribution is -2.50. The lowest BCUT2D eigenvalue weighted by Gasteiger charge is -2.45.